The normalized spacial score (nSPS) is 10.2. The van der Waals surface area contributed by atoms with Crippen LogP contribution in [0.3, 0.4) is 0 Å². The Morgan fingerprint density at radius 2 is 1.57 bits per heavy atom. The smallest absolute Gasteiger partial charge is 0.243 e. The van der Waals surface area contributed by atoms with Crippen LogP contribution in [0.5, 0.6) is 17.2 Å². The van der Waals surface area contributed by atoms with E-state index in [0.29, 0.717) is 22.8 Å². The molecule has 0 radical (unpaired) electrons. The second-order valence-corrected chi connectivity index (χ2v) is 6.28. The van der Waals surface area contributed by atoms with Gasteiger partial charge in [0, 0.05) is 5.69 Å². The van der Waals surface area contributed by atoms with E-state index in [2.05, 4.69) is 10.6 Å². The molecule has 0 atom stereocenters. The Hall–Kier alpha value is -3.22. The highest BCUT2D eigenvalue weighted by Crippen LogP contribution is 2.38. The number of rotatable bonds is 8. The average Bonchev–Trinajstić information content (AvgIpc) is 2.69. The Balaban J connectivity index is 1.97. The molecule has 2 rings (SSSR count). The summed E-state index contributed by atoms with van der Waals surface area (Å²) in [7, 11) is 4.54. The van der Waals surface area contributed by atoms with E-state index in [0.717, 1.165) is 16.8 Å². The largest absolute Gasteiger partial charge is 0.493 e. The molecule has 28 heavy (non-hydrogen) atoms. The molecule has 7 nitrogen and oxygen atoms in total. The number of hydrogen-bond donors (Lipinski definition) is 2. The van der Waals surface area contributed by atoms with Gasteiger partial charge < -0.3 is 24.8 Å². The van der Waals surface area contributed by atoms with E-state index in [-0.39, 0.29) is 24.8 Å². The Morgan fingerprint density at radius 3 is 2.14 bits per heavy atom. The van der Waals surface area contributed by atoms with Gasteiger partial charge in [-0.15, -0.1) is 0 Å². The zero-order chi connectivity index (χ0) is 20.7. The molecular weight excluding hydrogens is 360 g/mol. The van der Waals surface area contributed by atoms with Crippen molar-refractivity contribution in [1.82, 2.24) is 5.32 Å². The van der Waals surface area contributed by atoms with Gasteiger partial charge in [-0.1, -0.05) is 12.1 Å². The Labute approximate surface area is 165 Å². The number of hydrogen-bond acceptors (Lipinski definition) is 5. The third kappa shape index (κ3) is 5.16. The lowest BCUT2D eigenvalue weighted by molar-refractivity contribution is -0.123. The fourth-order valence-corrected chi connectivity index (χ4v) is 2.75. The highest BCUT2D eigenvalue weighted by Gasteiger charge is 2.15. The molecule has 0 aliphatic heterocycles. The topological polar surface area (TPSA) is 85.9 Å². The summed E-state index contributed by atoms with van der Waals surface area (Å²) in [6, 6.07) is 9.09. The second kappa shape index (κ2) is 9.64. The summed E-state index contributed by atoms with van der Waals surface area (Å²) in [5.74, 6) is 0.828. The van der Waals surface area contributed by atoms with Crippen molar-refractivity contribution >= 4 is 17.5 Å². The standard InChI is InChI=1S/C21H26N2O5/c1-13-7-6-8-16(14(13)2)23-20(25)12-22-19(24)11-15-9-17(26-3)21(28-5)18(10-15)27-4/h6-10H,11-12H2,1-5H3,(H,22,24)(H,23,25). The molecule has 0 spiro atoms. The highest BCUT2D eigenvalue weighted by atomic mass is 16.5. The van der Waals surface area contributed by atoms with Crippen LogP contribution in [0.25, 0.3) is 0 Å². The van der Waals surface area contributed by atoms with Gasteiger partial charge in [0.15, 0.2) is 11.5 Å². The maximum Gasteiger partial charge on any atom is 0.243 e. The molecule has 150 valence electrons. The van der Waals surface area contributed by atoms with Crippen LogP contribution in [0, 0.1) is 13.8 Å². The van der Waals surface area contributed by atoms with Crippen LogP contribution in [0.4, 0.5) is 5.69 Å². The van der Waals surface area contributed by atoms with Crippen molar-refractivity contribution < 1.29 is 23.8 Å². The van der Waals surface area contributed by atoms with Gasteiger partial charge in [-0.05, 0) is 48.7 Å². The first kappa shape index (κ1) is 21.1. The minimum atomic E-state index is -0.287. The number of nitrogens with one attached hydrogen (secondary N) is 2. The highest BCUT2D eigenvalue weighted by molar-refractivity contribution is 5.95. The number of carbonyl (C=O) groups is 2. The van der Waals surface area contributed by atoms with Gasteiger partial charge in [-0.3, -0.25) is 9.59 Å². The molecule has 0 saturated carbocycles. The number of amides is 2. The molecule has 0 saturated heterocycles. The van der Waals surface area contributed by atoms with Crippen LogP contribution in [0.2, 0.25) is 0 Å². The molecule has 2 aromatic rings. The van der Waals surface area contributed by atoms with Crippen molar-refractivity contribution in [1.29, 1.82) is 0 Å². The van der Waals surface area contributed by atoms with Gasteiger partial charge in [-0.2, -0.15) is 0 Å². The number of anilines is 1. The monoisotopic (exact) mass is 386 g/mol. The predicted molar refractivity (Wildman–Crippen MR) is 107 cm³/mol. The van der Waals surface area contributed by atoms with Crippen molar-refractivity contribution in [2.24, 2.45) is 0 Å². The van der Waals surface area contributed by atoms with Gasteiger partial charge in [0.2, 0.25) is 17.6 Å². The fourth-order valence-electron chi connectivity index (χ4n) is 2.75. The summed E-state index contributed by atoms with van der Waals surface area (Å²) in [4.78, 5) is 24.4. The van der Waals surface area contributed by atoms with Crippen LogP contribution in [0.15, 0.2) is 30.3 Å². The molecule has 2 amide bonds. The van der Waals surface area contributed by atoms with Gasteiger partial charge in [0.1, 0.15) is 0 Å². The van der Waals surface area contributed by atoms with E-state index in [1.54, 1.807) is 12.1 Å². The molecule has 0 fully saturated rings. The van der Waals surface area contributed by atoms with Crippen LogP contribution in [0.1, 0.15) is 16.7 Å². The zero-order valence-electron chi connectivity index (χ0n) is 16.8. The molecule has 0 aliphatic rings. The molecule has 0 bridgehead atoms. The van der Waals surface area contributed by atoms with E-state index in [4.69, 9.17) is 14.2 Å². The zero-order valence-corrected chi connectivity index (χ0v) is 16.8. The predicted octanol–water partition coefficient (Wildman–Crippen LogP) is 2.63. The van der Waals surface area contributed by atoms with Gasteiger partial charge in [0.25, 0.3) is 0 Å². The molecule has 0 unspecified atom stereocenters. The molecule has 0 aliphatic carbocycles. The summed E-state index contributed by atoms with van der Waals surface area (Å²) in [5.41, 5.74) is 3.51. The lowest BCUT2D eigenvalue weighted by Gasteiger charge is -2.14. The van der Waals surface area contributed by atoms with Crippen LogP contribution >= 0.6 is 0 Å². The van der Waals surface area contributed by atoms with Crippen LogP contribution < -0.4 is 24.8 Å². The van der Waals surface area contributed by atoms with Crippen LogP contribution in [-0.2, 0) is 16.0 Å². The van der Waals surface area contributed by atoms with Crippen molar-refractivity contribution in [2.75, 3.05) is 33.2 Å². The van der Waals surface area contributed by atoms with E-state index in [1.165, 1.54) is 21.3 Å². The third-order valence-corrected chi connectivity index (χ3v) is 4.41. The first-order valence-electron chi connectivity index (χ1n) is 8.81. The van der Waals surface area contributed by atoms with Crippen molar-refractivity contribution in [2.45, 2.75) is 20.3 Å². The van der Waals surface area contributed by atoms with Crippen LogP contribution in [-0.4, -0.2) is 39.7 Å². The molecule has 2 N–H and O–H groups in total. The van der Waals surface area contributed by atoms with Crippen molar-refractivity contribution in [3.05, 3.63) is 47.0 Å². The number of aryl methyl sites for hydroxylation is 1. The molecular formula is C21H26N2O5. The van der Waals surface area contributed by atoms with E-state index in [9.17, 15) is 9.59 Å². The molecule has 7 heteroatoms. The maximum absolute atomic E-state index is 12.2. The number of carbonyl (C=O) groups excluding carboxylic acids is 2. The molecule has 2 aromatic carbocycles. The van der Waals surface area contributed by atoms with Gasteiger partial charge >= 0.3 is 0 Å². The SMILES string of the molecule is COc1cc(CC(=O)NCC(=O)Nc2cccc(C)c2C)cc(OC)c1OC. The Kier molecular flexibility index (Phi) is 7.26. The van der Waals surface area contributed by atoms with E-state index in [1.807, 2.05) is 32.0 Å². The van der Waals surface area contributed by atoms with Crippen molar-refractivity contribution in [3.63, 3.8) is 0 Å². The maximum atomic E-state index is 12.2. The summed E-state index contributed by atoms with van der Waals surface area (Å²) in [6.07, 6.45) is 0.0769. The Bertz CT molecular complexity index is 839. The van der Waals surface area contributed by atoms with Gasteiger partial charge in [0.05, 0.1) is 34.3 Å². The summed E-state index contributed by atoms with van der Waals surface area (Å²) < 4.78 is 15.8. The lowest BCUT2D eigenvalue weighted by atomic mass is 10.1. The molecule has 0 heterocycles. The lowest BCUT2D eigenvalue weighted by Crippen LogP contribution is -2.33. The average molecular weight is 386 g/mol. The third-order valence-electron chi connectivity index (χ3n) is 4.41. The molecule has 0 aromatic heterocycles. The summed E-state index contributed by atoms with van der Waals surface area (Å²) in [6.45, 7) is 3.80. The number of methoxy groups -OCH3 is 3. The number of ether oxygens (including phenoxy) is 3. The van der Waals surface area contributed by atoms with E-state index >= 15 is 0 Å². The quantitative estimate of drug-likeness (QED) is 0.728. The first-order chi connectivity index (χ1) is 13.4. The minimum absolute atomic E-state index is 0.0769. The summed E-state index contributed by atoms with van der Waals surface area (Å²) in [5, 5.41) is 5.44. The fraction of sp³-hybridized carbons (Fsp3) is 0.333. The first-order valence-corrected chi connectivity index (χ1v) is 8.81. The minimum Gasteiger partial charge on any atom is -0.493 e. The number of benzene rings is 2. The van der Waals surface area contributed by atoms with Gasteiger partial charge in [-0.25, -0.2) is 0 Å². The van der Waals surface area contributed by atoms with Crippen molar-refractivity contribution in [3.8, 4) is 17.2 Å². The second-order valence-electron chi connectivity index (χ2n) is 6.28. The summed E-state index contributed by atoms with van der Waals surface area (Å²) >= 11 is 0. The Morgan fingerprint density at radius 1 is 0.929 bits per heavy atom. The van der Waals surface area contributed by atoms with E-state index < -0.39 is 0 Å².